The van der Waals surface area contributed by atoms with Gasteiger partial charge in [-0.15, -0.1) is 0 Å². The van der Waals surface area contributed by atoms with E-state index in [1.807, 2.05) is 18.2 Å². The van der Waals surface area contributed by atoms with Gasteiger partial charge in [0.2, 0.25) is 0 Å². The fraction of sp³-hybridized carbons (Fsp3) is 0.308. The van der Waals surface area contributed by atoms with E-state index in [-0.39, 0.29) is 11.4 Å². The van der Waals surface area contributed by atoms with Gasteiger partial charge in [0, 0.05) is 23.9 Å². The molecule has 10 heteroatoms. The molecule has 4 rings (SSSR count). The molecule has 36 heavy (non-hydrogen) atoms. The number of hydrogen-bond donors (Lipinski definition) is 1. The first-order chi connectivity index (χ1) is 16.9. The van der Waals surface area contributed by atoms with Crippen molar-refractivity contribution < 1.29 is 40.6 Å². The molecule has 0 spiro atoms. The molecule has 0 radical (unpaired) electrons. The molecule has 1 fully saturated rings. The van der Waals surface area contributed by atoms with Crippen molar-refractivity contribution in [1.82, 2.24) is 0 Å². The van der Waals surface area contributed by atoms with Crippen molar-refractivity contribution in [2.75, 3.05) is 11.4 Å². The van der Waals surface area contributed by atoms with E-state index in [1.165, 1.54) is 18.2 Å². The Labute approximate surface area is 202 Å². The Morgan fingerprint density at radius 2 is 1.56 bits per heavy atom. The number of aliphatic hydroxyl groups is 1. The molecule has 0 bridgehead atoms. The number of alkyl halides is 6. The number of aliphatic hydroxyl groups excluding tert-OH is 1. The van der Waals surface area contributed by atoms with Gasteiger partial charge in [0.05, 0.1) is 12.1 Å². The van der Waals surface area contributed by atoms with Gasteiger partial charge >= 0.3 is 12.4 Å². The number of rotatable bonds is 8. The molecule has 1 N–H and O–H groups in total. The maximum Gasteiger partial charge on any atom is 0.416 e. The summed E-state index contributed by atoms with van der Waals surface area (Å²) in [5.74, 6) is 0.235. The van der Waals surface area contributed by atoms with Gasteiger partial charge in [-0.2, -0.15) is 26.3 Å². The lowest BCUT2D eigenvalue weighted by Crippen LogP contribution is -2.41. The van der Waals surface area contributed by atoms with Crippen LogP contribution in [-0.4, -0.2) is 23.9 Å². The molecule has 0 aromatic heterocycles. The molecule has 3 aromatic carbocycles. The molecule has 3 nitrogen and oxygen atoms in total. The van der Waals surface area contributed by atoms with E-state index in [1.54, 1.807) is 12.1 Å². The lowest BCUT2D eigenvalue weighted by Gasteiger charge is -2.29. The maximum absolute atomic E-state index is 14.4. The fourth-order valence-corrected chi connectivity index (χ4v) is 3.78. The summed E-state index contributed by atoms with van der Waals surface area (Å²) < 4.78 is 99.0. The highest BCUT2D eigenvalue weighted by Gasteiger charge is 2.39. The molecule has 0 amide bonds. The summed E-state index contributed by atoms with van der Waals surface area (Å²) in [7, 11) is 0. The molecule has 1 aliphatic carbocycles. The predicted molar refractivity (Wildman–Crippen MR) is 119 cm³/mol. The van der Waals surface area contributed by atoms with E-state index in [0.29, 0.717) is 29.9 Å². The Kier molecular flexibility index (Phi) is 7.17. The molecule has 0 saturated heterocycles. The van der Waals surface area contributed by atoms with Crippen LogP contribution in [0.25, 0.3) is 0 Å². The first kappa shape index (κ1) is 25.8. The molecule has 1 unspecified atom stereocenters. The highest BCUT2D eigenvalue weighted by molar-refractivity contribution is 5.52. The third kappa shape index (κ3) is 6.48. The number of ether oxygens (including phenoxy) is 1. The van der Waals surface area contributed by atoms with Crippen LogP contribution in [0.3, 0.4) is 0 Å². The molecule has 0 heterocycles. The summed E-state index contributed by atoms with van der Waals surface area (Å²) in [6, 6.07) is 15.0. The fourth-order valence-electron chi connectivity index (χ4n) is 3.78. The van der Waals surface area contributed by atoms with Gasteiger partial charge in [0.1, 0.15) is 17.3 Å². The Morgan fingerprint density at radius 1 is 0.889 bits per heavy atom. The van der Waals surface area contributed by atoms with Crippen LogP contribution in [0, 0.1) is 5.82 Å². The summed E-state index contributed by atoms with van der Waals surface area (Å²) in [5, 5.41) is 9.67. The molecule has 1 saturated carbocycles. The molecule has 1 aliphatic rings. The maximum atomic E-state index is 14.4. The minimum atomic E-state index is -4.98. The molecule has 1 atom stereocenters. The van der Waals surface area contributed by atoms with E-state index in [4.69, 9.17) is 4.74 Å². The minimum absolute atomic E-state index is 0.103. The second-order valence-corrected chi connectivity index (χ2v) is 8.69. The van der Waals surface area contributed by atoms with Gasteiger partial charge in [-0.1, -0.05) is 18.2 Å². The molecule has 0 aliphatic heterocycles. The first-order valence-corrected chi connectivity index (χ1v) is 11.1. The smallest absolute Gasteiger partial charge is 0.416 e. The zero-order valence-electron chi connectivity index (χ0n) is 18.8. The quantitative estimate of drug-likeness (QED) is 0.318. The second kappa shape index (κ2) is 10.0. The van der Waals surface area contributed by atoms with Crippen molar-refractivity contribution in [3.8, 4) is 11.5 Å². The van der Waals surface area contributed by atoms with Crippen LogP contribution in [0.2, 0.25) is 0 Å². The molecule has 192 valence electrons. The van der Waals surface area contributed by atoms with Gasteiger partial charge in [0.25, 0.3) is 0 Å². The van der Waals surface area contributed by atoms with Crippen LogP contribution in [0.15, 0.2) is 66.7 Å². The minimum Gasteiger partial charge on any atom is -0.457 e. The van der Waals surface area contributed by atoms with Crippen LogP contribution in [-0.2, 0) is 12.7 Å². The zero-order valence-corrected chi connectivity index (χ0v) is 18.8. The second-order valence-electron chi connectivity index (χ2n) is 8.69. The average Bonchev–Trinajstić information content (AvgIpc) is 3.64. The third-order valence-corrected chi connectivity index (χ3v) is 5.83. The monoisotopic (exact) mass is 513 g/mol. The van der Waals surface area contributed by atoms with Gasteiger partial charge in [-0.05, 0) is 66.8 Å². The number of hydrogen-bond acceptors (Lipinski definition) is 3. The standard InChI is InChI=1S/C26H22F7NO2/c27-23-10-9-19(25(28,29)30)11-18(23)14-34(15-24(35)26(31,32)33)20-4-2-6-22(13-20)36-21-5-1-3-17(12-21)16-7-8-16/h1-6,9-13,16,24,35H,7-8,14-15H2. The molecular weight excluding hydrogens is 491 g/mol. The number of nitrogens with zero attached hydrogens (tertiary/aromatic N) is 1. The van der Waals surface area contributed by atoms with Crippen LogP contribution >= 0.6 is 0 Å². The highest BCUT2D eigenvalue weighted by atomic mass is 19.4. The largest absolute Gasteiger partial charge is 0.457 e. The normalized spacial score (nSPS) is 15.0. The first-order valence-electron chi connectivity index (χ1n) is 11.1. The SMILES string of the molecule is OC(CN(Cc1cc(C(F)(F)F)ccc1F)c1cccc(Oc2cccc(C3CC3)c2)c1)C(F)(F)F. The summed E-state index contributed by atoms with van der Waals surface area (Å²) in [6.45, 7) is -1.68. The van der Waals surface area contributed by atoms with E-state index in [2.05, 4.69) is 0 Å². The van der Waals surface area contributed by atoms with Crippen molar-refractivity contribution >= 4 is 5.69 Å². The Bertz CT molecular complexity index is 1210. The molecule has 3 aromatic rings. The van der Waals surface area contributed by atoms with E-state index >= 15 is 0 Å². The predicted octanol–water partition coefficient (Wildman–Crippen LogP) is 7.44. The number of anilines is 1. The summed E-state index contributed by atoms with van der Waals surface area (Å²) in [5.41, 5.74) is -0.393. The van der Waals surface area contributed by atoms with E-state index in [9.17, 15) is 35.8 Å². The van der Waals surface area contributed by atoms with Gasteiger partial charge < -0.3 is 14.7 Å². The summed E-state index contributed by atoms with van der Waals surface area (Å²) >= 11 is 0. The Balaban J connectivity index is 1.63. The van der Waals surface area contributed by atoms with Crippen LogP contribution in [0.1, 0.15) is 35.4 Å². The topological polar surface area (TPSA) is 32.7 Å². The van der Waals surface area contributed by atoms with Crippen LogP contribution < -0.4 is 9.64 Å². The van der Waals surface area contributed by atoms with Crippen molar-refractivity contribution in [3.63, 3.8) is 0 Å². The highest BCUT2D eigenvalue weighted by Crippen LogP contribution is 2.41. The van der Waals surface area contributed by atoms with Crippen LogP contribution in [0.4, 0.5) is 36.4 Å². The Morgan fingerprint density at radius 3 is 2.19 bits per heavy atom. The van der Waals surface area contributed by atoms with Crippen molar-refractivity contribution in [2.24, 2.45) is 0 Å². The van der Waals surface area contributed by atoms with Crippen molar-refractivity contribution in [2.45, 2.75) is 43.8 Å². The number of halogens is 7. The van der Waals surface area contributed by atoms with Crippen LogP contribution in [0.5, 0.6) is 11.5 Å². The third-order valence-electron chi connectivity index (χ3n) is 5.83. The van der Waals surface area contributed by atoms with Gasteiger partial charge in [-0.3, -0.25) is 0 Å². The van der Waals surface area contributed by atoms with Crippen molar-refractivity contribution in [3.05, 3.63) is 89.2 Å². The van der Waals surface area contributed by atoms with Gasteiger partial charge in [0.15, 0.2) is 6.10 Å². The molecular formula is C26H22F7NO2. The van der Waals surface area contributed by atoms with Gasteiger partial charge in [-0.25, -0.2) is 4.39 Å². The number of benzene rings is 3. The lowest BCUT2D eigenvalue weighted by molar-refractivity contribution is -0.200. The van der Waals surface area contributed by atoms with E-state index < -0.39 is 48.5 Å². The Hall–Kier alpha value is -3.27. The average molecular weight is 513 g/mol. The summed E-state index contributed by atoms with van der Waals surface area (Å²) in [4.78, 5) is 0.963. The van der Waals surface area contributed by atoms with E-state index in [0.717, 1.165) is 23.3 Å². The summed E-state index contributed by atoms with van der Waals surface area (Å²) in [6.07, 6.45) is -10.4. The lowest BCUT2D eigenvalue weighted by atomic mass is 10.1. The zero-order chi connectivity index (χ0) is 26.1. The van der Waals surface area contributed by atoms with Crippen molar-refractivity contribution in [1.29, 1.82) is 0 Å².